The number of benzene rings is 2. The number of nitrogens with zero attached hydrogens (tertiary/aromatic N) is 2. The number of aromatic nitrogens is 2. The summed E-state index contributed by atoms with van der Waals surface area (Å²) in [5, 5.41) is 0.626. The van der Waals surface area contributed by atoms with Crippen LogP contribution in [0.1, 0.15) is 10.4 Å². The standard InChI is InChI=1S/C15H9ClN3O2/c16-11-5-2-6-12-13(11)15(21)19(8-18-12)10-4-1-3-9(7-10)14(17)20/h1-7H,(H2,17,20). The van der Waals surface area contributed by atoms with Gasteiger partial charge in [-0.15, -0.1) is 0 Å². The fourth-order valence-electron chi connectivity index (χ4n) is 2.05. The van der Waals surface area contributed by atoms with Crippen LogP contribution in [0.15, 0.2) is 47.3 Å². The smallest absolute Gasteiger partial charge is 0.267 e. The lowest BCUT2D eigenvalue weighted by molar-refractivity contribution is 0.100. The number of carbonyl (C=O) groups excluding carboxylic acids is 1. The Labute approximate surface area is 124 Å². The molecule has 1 aromatic heterocycles. The van der Waals surface area contributed by atoms with Crippen LogP contribution in [-0.4, -0.2) is 15.5 Å². The third-order valence-electron chi connectivity index (χ3n) is 3.07. The van der Waals surface area contributed by atoms with Gasteiger partial charge in [0.1, 0.15) is 0 Å². The van der Waals surface area contributed by atoms with Crippen LogP contribution in [0.5, 0.6) is 0 Å². The van der Waals surface area contributed by atoms with Gasteiger partial charge < -0.3 is 5.73 Å². The lowest BCUT2D eigenvalue weighted by atomic mass is 10.2. The summed E-state index contributed by atoms with van der Waals surface area (Å²) in [6.07, 6.45) is 2.63. The summed E-state index contributed by atoms with van der Waals surface area (Å²) in [7, 11) is 0. The van der Waals surface area contributed by atoms with Crippen LogP contribution in [-0.2, 0) is 0 Å². The average molecular weight is 299 g/mol. The van der Waals surface area contributed by atoms with Crippen LogP contribution in [0, 0.1) is 6.33 Å². The van der Waals surface area contributed by atoms with Crippen molar-refractivity contribution >= 4 is 28.4 Å². The molecule has 0 aliphatic heterocycles. The minimum absolute atomic E-state index is 0.298. The topological polar surface area (TPSA) is 78.0 Å². The summed E-state index contributed by atoms with van der Waals surface area (Å²) in [4.78, 5) is 27.8. The molecule has 3 aromatic rings. The van der Waals surface area contributed by atoms with Gasteiger partial charge in [0.2, 0.25) is 5.91 Å². The van der Waals surface area contributed by atoms with Crippen molar-refractivity contribution in [1.82, 2.24) is 9.55 Å². The van der Waals surface area contributed by atoms with E-state index < -0.39 is 5.91 Å². The molecule has 0 spiro atoms. The summed E-state index contributed by atoms with van der Waals surface area (Å²) in [5.41, 5.74) is 6.10. The summed E-state index contributed by atoms with van der Waals surface area (Å²) in [6, 6.07) is 11.4. The molecule has 5 nitrogen and oxygen atoms in total. The van der Waals surface area contributed by atoms with Crippen LogP contribution in [0.4, 0.5) is 0 Å². The number of rotatable bonds is 2. The maximum Gasteiger partial charge on any atom is 0.267 e. The number of hydrogen-bond donors (Lipinski definition) is 1. The molecule has 0 aliphatic rings. The number of carbonyl (C=O) groups is 1. The van der Waals surface area contributed by atoms with Gasteiger partial charge in [-0.1, -0.05) is 23.7 Å². The number of nitrogens with two attached hydrogens (primary N) is 1. The largest absolute Gasteiger partial charge is 0.366 e. The van der Waals surface area contributed by atoms with E-state index in [2.05, 4.69) is 11.3 Å². The highest BCUT2D eigenvalue weighted by molar-refractivity contribution is 6.35. The van der Waals surface area contributed by atoms with Gasteiger partial charge in [-0.2, -0.15) is 0 Å². The molecule has 1 amide bonds. The third kappa shape index (κ3) is 2.28. The Morgan fingerprint density at radius 1 is 1.24 bits per heavy atom. The predicted octanol–water partition coefficient (Wildman–Crippen LogP) is 1.94. The quantitative estimate of drug-likeness (QED) is 0.785. The first-order valence-corrected chi connectivity index (χ1v) is 6.45. The molecule has 0 aliphatic carbocycles. The monoisotopic (exact) mass is 298 g/mol. The molecule has 0 unspecified atom stereocenters. The molecule has 6 heteroatoms. The molecule has 2 N–H and O–H groups in total. The second-order valence-corrected chi connectivity index (χ2v) is 4.81. The van der Waals surface area contributed by atoms with E-state index >= 15 is 0 Å². The average Bonchev–Trinajstić information content (AvgIpc) is 2.47. The number of primary amides is 1. The predicted molar refractivity (Wildman–Crippen MR) is 79.7 cm³/mol. The van der Waals surface area contributed by atoms with E-state index in [0.717, 1.165) is 0 Å². The van der Waals surface area contributed by atoms with E-state index in [1.165, 1.54) is 10.6 Å². The van der Waals surface area contributed by atoms with Gasteiger partial charge in [0, 0.05) is 5.56 Å². The van der Waals surface area contributed by atoms with E-state index in [0.29, 0.717) is 27.2 Å². The van der Waals surface area contributed by atoms with Crippen LogP contribution < -0.4 is 11.3 Å². The Bertz CT molecular complexity index is 918. The molecule has 1 radical (unpaired) electrons. The molecule has 2 aromatic carbocycles. The molecule has 3 rings (SSSR count). The van der Waals surface area contributed by atoms with Crippen molar-refractivity contribution < 1.29 is 4.79 Å². The van der Waals surface area contributed by atoms with Crippen molar-refractivity contribution in [3.8, 4) is 5.69 Å². The van der Waals surface area contributed by atoms with Crippen molar-refractivity contribution in [3.05, 3.63) is 69.7 Å². The van der Waals surface area contributed by atoms with Gasteiger partial charge >= 0.3 is 0 Å². The number of amides is 1. The summed E-state index contributed by atoms with van der Waals surface area (Å²) < 4.78 is 1.21. The van der Waals surface area contributed by atoms with Crippen LogP contribution in [0.25, 0.3) is 16.6 Å². The van der Waals surface area contributed by atoms with Gasteiger partial charge in [-0.3, -0.25) is 14.2 Å². The van der Waals surface area contributed by atoms with E-state index in [1.807, 2.05) is 0 Å². The fourth-order valence-corrected chi connectivity index (χ4v) is 2.30. The fraction of sp³-hybridized carbons (Fsp3) is 0. The van der Waals surface area contributed by atoms with Crippen LogP contribution in [0.3, 0.4) is 0 Å². The number of fused-ring (bicyclic) bond motifs is 1. The van der Waals surface area contributed by atoms with E-state index in [4.69, 9.17) is 17.3 Å². The van der Waals surface area contributed by atoms with Crippen molar-refractivity contribution in [3.63, 3.8) is 0 Å². The first kappa shape index (κ1) is 13.3. The van der Waals surface area contributed by atoms with Crippen molar-refractivity contribution in [2.45, 2.75) is 0 Å². The second-order valence-electron chi connectivity index (χ2n) is 4.40. The second kappa shape index (κ2) is 5.03. The number of halogens is 1. The van der Waals surface area contributed by atoms with E-state index in [-0.39, 0.29) is 5.56 Å². The Balaban J connectivity index is 2.29. The highest BCUT2D eigenvalue weighted by Gasteiger charge is 2.10. The van der Waals surface area contributed by atoms with Crippen LogP contribution >= 0.6 is 11.6 Å². The van der Waals surface area contributed by atoms with Gasteiger partial charge in [0.15, 0.2) is 6.33 Å². The SMILES string of the molecule is NC(=O)c1cccc(-n2[c]nc3cccc(Cl)c3c2=O)c1. The van der Waals surface area contributed by atoms with Gasteiger partial charge in [-0.25, -0.2) is 4.98 Å². The molecule has 1 heterocycles. The third-order valence-corrected chi connectivity index (χ3v) is 3.38. The van der Waals surface area contributed by atoms with Crippen molar-refractivity contribution in [2.24, 2.45) is 5.73 Å². The molecular formula is C15H9ClN3O2. The van der Waals surface area contributed by atoms with Crippen molar-refractivity contribution in [2.75, 3.05) is 0 Å². The van der Waals surface area contributed by atoms with Crippen LogP contribution in [0.2, 0.25) is 5.02 Å². The van der Waals surface area contributed by atoms with Gasteiger partial charge in [0.25, 0.3) is 5.56 Å². The molecule has 0 fully saturated rings. The zero-order valence-electron chi connectivity index (χ0n) is 10.7. The highest BCUT2D eigenvalue weighted by Crippen LogP contribution is 2.18. The minimum Gasteiger partial charge on any atom is -0.366 e. The molecule has 0 saturated heterocycles. The summed E-state index contributed by atoms with van der Waals surface area (Å²) in [5.74, 6) is -0.573. The van der Waals surface area contributed by atoms with Gasteiger partial charge in [-0.05, 0) is 30.3 Å². The normalized spacial score (nSPS) is 10.7. The zero-order valence-corrected chi connectivity index (χ0v) is 11.5. The minimum atomic E-state index is -0.573. The Kier molecular flexibility index (Phi) is 3.19. The summed E-state index contributed by atoms with van der Waals surface area (Å²) >= 11 is 6.06. The Morgan fingerprint density at radius 2 is 2.00 bits per heavy atom. The maximum absolute atomic E-state index is 12.5. The number of hydrogen-bond acceptors (Lipinski definition) is 3. The molecule has 0 saturated carbocycles. The molecule has 103 valence electrons. The van der Waals surface area contributed by atoms with E-state index in [9.17, 15) is 9.59 Å². The first-order chi connectivity index (χ1) is 10.1. The van der Waals surface area contributed by atoms with Crippen molar-refractivity contribution in [1.29, 1.82) is 0 Å². The highest BCUT2D eigenvalue weighted by atomic mass is 35.5. The molecule has 21 heavy (non-hydrogen) atoms. The molecule has 0 atom stereocenters. The summed E-state index contributed by atoms with van der Waals surface area (Å²) in [6.45, 7) is 0. The first-order valence-electron chi connectivity index (χ1n) is 6.07. The van der Waals surface area contributed by atoms with Gasteiger partial charge in [0.05, 0.1) is 21.6 Å². The van der Waals surface area contributed by atoms with E-state index in [1.54, 1.807) is 36.4 Å². The Morgan fingerprint density at radius 3 is 2.76 bits per heavy atom. The molecular weight excluding hydrogens is 290 g/mol. The maximum atomic E-state index is 12.5. The zero-order chi connectivity index (χ0) is 15.0. The Hall–Kier alpha value is -2.66. The lowest BCUT2D eigenvalue weighted by Gasteiger charge is -2.07. The lowest BCUT2D eigenvalue weighted by Crippen LogP contribution is -2.20. The molecule has 0 bridgehead atoms.